The molecule has 2 N–H and O–H groups in total. The molecule has 12 heavy (non-hydrogen) atoms. The first-order chi connectivity index (χ1) is 5.51. The summed E-state index contributed by atoms with van der Waals surface area (Å²) in [5.41, 5.74) is 0. The molecule has 1 unspecified atom stereocenters. The Kier molecular flexibility index (Phi) is 2.65. The third-order valence-electron chi connectivity index (χ3n) is 1.40. The van der Waals surface area contributed by atoms with E-state index in [1.54, 1.807) is 0 Å². The van der Waals surface area contributed by atoms with Crippen molar-refractivity contribution in [3.05, 3.63) is 0 Å². The minimum absolute atomic E-state index is 0.0408. The molecule has 1 heterocycles. The van der Waals surface area contributed by atoms with Crippen molar-refractivity contribution in [3.63, 3.8) is 0 Å². The summed E-state index contributed by atoms with van der Waals surface area (Å²) in [6.07, 6.45) is 0. The van der Waals surface area contributed by atoms with E-state index in [0.717, 1.165) is 0 Å². The van der Waals surface area contributed by atoms with E-state index in [1.165, 1.54) is 0 Å². The second-order valence-electron chi connectivity index (χ2n) is 2.40. The summed E-state index contributed by atoms with van der Waals surface area (Å²) in [4.78, 5) is 10.4. The Bertz CT molecular complexity index is 272. The zero-order chi connectivity index (χ0) is 9.19. The van der Waals surface area contributed by atoms with Gasteiger partial charge < -0.3 is 9.84 Å². The average Bonchev–Trinajstić information content (AvgIpc) is 2.10. The van der Waals surface area contributed by atoms with Crippen molar-refractivity contribution in [1.82, 2.24) is 4.72 Å². The number of hydrogen-bond acceptors (Lipinski definition) is 4. The molecule has 1 saturated heterocycles. The maximum Gasteiger partial charge on any atom is 0.324 e. The van der Waals surface area contributed by atoms with Gasteiger partial charge >= 0.3 is 5.97 Å². The van der Waals surface area contributed by atoms with Crippen LogP contribution in [0.25, 0.3) is 0 Å². The maximum atomic E-state index is 10.9. The van der Waals surface area contributed by atoms with Crippen LogP contribution in [0.1, 0.15) is 0 Å². The largest absolute Gasteiger partial charge is 0.480 e. The van der Waals surface area contributed by atoms with Crippen molar-refractivity contribution in [3.8, 4) is 0 Å². The van der Waals surface area contributed by atoms with Crippen molar-refractivity contribution in [1.29, 1.82) is 0 Å². The predicted molar refractivity (Wildman–Crippen MR) is 39.2 cm³/mol. The first-order valence-electron chi connectivity index (χ1n) is 3.32. The third-order valence-corrected chi connectivity index (χ3v) is 2.75. The van der Waals surface area contributed by atoms with Crippen LogP contribution in [0.2, 0.25) is 0 Å². The van der Waals surface area contributed by atoms with Gasteiger partial charge in [0.05, 0.1) is 19.0 Å². The topological polar surface area (TPSA) is 92.7 Å². The minimum Gasteiger partial charge on any atom is -0.480 e. The summed E-state index contributed by atoms with van der Waals surface area (Å²) in [5, 5.41) is 8.49. The van der Waals surface area contributed by atoms with Gasteiger partial charge in [0.25, 0.3) is 0 Å². The number of carboxylic acid groups (broad SMARTS) is 1. The second kappa shape index (κ2) is 3.38. The predicted octanol–water partition coefficient (Wildman–Crippen LogP) is -1.61. The van der Waals surface area contributed by atoms with Gasteiger partial charge in [0.15, 0.2) is 0 Å². The van der Waals surface area contributed by atoms with Gasteiger partial charge in [-0.15, -0.1) is 0 Å². The van der Waals surface area contributed by atoms with Gasteiger partial charge in [-0.25, -0.2) is 8.42 Å². The Hall–Kier alpha value is -0.660. The highest BCUT2D eigenvalue weighted by Gasteiger charge is 2.26. The van der Waals surface area contributed by atoms with E-state index in [-0.39, 0.29) is 19.0 Å². The Labute approximate surface area is 69.6 Å². The van der Waals surface area contributed by atoms with Crippen LogP contribution in [-0.2, 0) is 19.6 Å². The van der Waals surface area contributed by atoms with E-state index in [9.17, 15) is 13.2 Å². The summed E-state index contributed by atoms with van der Waals surface area (Å²) in [7, 11) is -3.47. The molecule has 0 aromatic carbocycles. The van der Waals surface area contributed by atoms with Crippen molar-refractivity contribution in [2.75, 3.05) is 19.0 Å². The molecule has 1 atom stereocenters. The van der Waals surface area contributed by atoms with Crippen molar-refractivity contribution < 1.29 is 23.1 Å². The molecule has 1 fully saturated rings. The van der Waals surface area contributed by atoms with E-state index >= 15 is 0 Å². The third kappa shape index (κ3) is 2.43. The number of nitrogens with one attached hydrogen (secondary N) is 1. The normalized spacial score (nSPS) is 29.2. The molecule has 1 rings (SSSR count). The fourth-order valence-corrected chi connectivity index (χ4v) is 1.86. The number of rotatable bonds is 1. The second-order valence-corrected chi connectivity index (χ2v) is 4.28. The van der Waals surface area contributed by atoms with Crippen LogP contribution in [0.5, 0.6) is 0 Å². The highest BCUT2D eigenvalue weighted by Crippen LogP contribution is 1.98. The monoisotopic (exact) mass is 195 g/mol. The van der Waals surface area contributed by atoms with E-state index in [2.05, 4.69) is 0 Å². The Morgan fingerprint density at radius 1 is 1.58 bits per heavy atom. The summed E-state index contributed by atoms with van der Waals surface area (Å²) in [6.45, 7) is -0.0757. The van der Waals surface area contributed by atoms with E-state index in [1.807, 2.05) is 4.72 Å². The van der Waals surface area contributed by atoms with Gasteiger partial charge in [0.1, 0.15) is 6.04 Å². The molecule has 6 nitrogen and oxygen atoms in total. The molecule has 7 heteroatoms. The number of ether oxygens (including phenoxy) is 1. The molecule has 0 aromatic rings. The molecule has 0 saturated carbocycles. The van der Waals surface area contributed by atoms with E-state index < -0.39 is 22.0 Å². The number of hydrogen-bond donors (Lipinski definition) is 2. The lowest BCUT2D eigenvalue weighted by molar-refractivity contribution is -0.140. The highest BCUT2D eigenvalue weighted by atomic mass is 32.2. The summed E-state index contributed by atoms with van der Waals surface area (Å²) < 4.78 is 28.6. The zero-order valence-corrected chi connectivity index (χ0v) is 7.00. The van der Waals surface area contributed by atoms with Crippen LogP contribution in [-0.4, -0.2) is 44.5 Å². The Morgan fingerprint density at radius 3 is 2.83 bits per heavy atom. The van der Waals surface area contributed by atoms with Crippen LogP contribution in [0.3, 0.4) is 0 Å². The Balaban J connectivity index is 2.73. The van der Waals surface area contributed by atoms with Gasteiger partial charge in [-0.05, 0) is 0 Å². The molecule has 0 spiro atoms. The van der Waals surface area contributed by atoms with E-state index in [4.69, 9.17) is 9.84 Å². The van der Waals surface area contributed by atoms with Crippen molar-refractivity contribution >= 4 is 16.0 Å². The fourth-order valence-electron chi connectivity index (χ4n) is 0.801. The average molecular weight is 195 g/mol. The van der Waals surface area contributed by atoms with Crippen LogP contribution >= 0.6 is 0 Å². The zero-order valence-electron chi connectivity index (χ0n) is 6.19. The lowest BCUT2D eigenvalue weighted by Crippen LogP contribution is -2.42. The smallest absolute Gasteiger partial charge is 0.324 e. The molecule has 0 aliphatic carbocycles. The highest BCUT2D eigenvalue weighted by molar-refractivity contribution is 7.89. The van der Waals surface area contributed by atoms with Gasteiger partial charge in [-0.2, -0.15) is 4.72 Å². The van der Waals surface area contributed by atoms with Crippen molar-refractivity contribution in [2.45, 2.75) is 6.04 Å². The molecular weight excluding hydrogens is 186 g/mol. The lowest BCUT2D eigenvalue weighted by atomic mass is 10.3. The molecule has 70 valence electrons. The molecule has 0 aromatic heterocycles. The van der Waals surface area contributed by atoms with Gasteiger partial charge in [-0.3, -0.25) is 4.79 Å². The summed E-state index contributed by atoms with van der Waals surface area (Å²) in [6, 6.07) is -1.16. The van der Waals surface area contributed by atoms with Gasteiger partial charge in [0.2, 0.25) is 10.0 Å². The first kappa shape index (κ1) is 9.43. The number of carboxylic acids is 1. The van der Waals surface area contributed by atoms with Crippen LogP contribution in [0.15, 0.2) is 0 Å². The van der Waals surface area contributed by atoms with Crippen molar-refractivity contribution in [2.24, 2.45) is 0 Å². The number of sulfonamides is 1. The first-order valence-corrected chi connectivity index (χ1v) is 4.97. The SMILES string of the molecule is O=C(O)C1COCCS(=O)(=O)N1. The number of aliphatic carboxylic acids is 1. The molecular formula is C5H9NO5S. The molecule has 0 amide bonds. The minimum atomic E-state index is -3.47. The lowest BCUT2D eigenvalue weighted by Gasteiger charge is -2.08. The fraction of sp³-hybridized carbons (Fsp3) is 0.800. The molecule has 1 aliphatic heterocycles. The van der Waals surface area contributed by atoms with Gasteiger partial charge in [0, 0.05) is 0 Å². The standard InChI is InChI=1S/C5H9NO5S/c7-5(8)4-3-11-1-2-12(9,10)6-4/h4,6H,1-3H2,(H,7,8). The van der Waals surface area contributed by atoms with Gasteiger partial charge in [-0.1, -0.05) is 0 Å². The van der Waals surface area contributed by atoms with E-state index in [0.29, 0.717) is 0 Å². The Morgan fingerprint density at radius 2 is 2.25 bits per heavy atom. The molecule has 0 radical (unpaired) electrons. The molecule has 1 aliphatic rings. The quantitative estimate of drug-likeness (QED) is 0.525. The van der Waals surface area contributed by atoms with Crippen LogP contribution in [0, 0.1) is 0 Å². The summed E-state index contributed by atoms with van der Waals surface area (Å²) in [5.74, 6) is -1.41. The van der Waals surface area contributed by atoms with Crippen LogP contribution in [0.4, 0.5) is 0 Å². The molecule has 0 bridgehead atoms. The summed E-state index contributed by atoms with van der Waals surface area (Å²) >= 11 is 0. The maximum absolute atomic E-state index is 10.9. The number of carbonyl (C=O) groups is 1. The van der Waals surface area contributed by atoms with Crippen LogP contribution < -0.4 is 4.72 Å².